The van der Waals surface area contributed by atoms with Gasteiger partial charge in [-0.3, -0.25) is 0 Å². The van der Waals surface area contributed by atoms with Gasteiger partial charge in [0.15, 0.2) is 0 Å². The Morgan fingerprint density at radius 1 is 0.455 bits per heavy atom. The predicted octanol–water partition coefficient (Wildman–Crippen LogP) is 11.5. The first kappa shape index (κ1) is 47.5. The second-order valence-electron chi connectivity index (χ2n) is 23.2. The van der Waals surface area contributed by atoms with E-state index in [0.29, 0.717) is 47.8 Å². The maximum atomic E-state index is 3.89. The zero-order valence-corrected chi connectivity index (χ0v) is 39.5. The first-order chi connectivity index (χ1) is 25.8. The quantitative estimate of drug-likeness (QED) is 0.137. The largest absolute Gasteiger partial charge is 0.314 e. The molecule has 10 saturated carbocycles. The second-order valence-corrected chi connectivity index (χ2v) is 23.2. The zero-order valence-electron chi connectivity index (χ0n) is 39.5. The van der Waals surface area contributed by atoms with E-state index in [0.717, 1.165) is 58.8 Å². The third-order valence-electron chi connectivity index (χ3n) is 14.9. The van der Waals surface area contributed by atoms with Gasteiger partial charge in [-0.15, -0.1) is 0 Å². The van der Waals surface area contributed by atoms with Gasteiger partial charge in [-0.25, -0.2) is 0 Å². The molecule has 10 rings (SSSR count). The minimum absolute atomic E-state index is 0.572. The van der Waals surface area contributed by atoms with Crippen molar-refractivity contribution in [1.29, 1.82) is 0 Å². The molecule has 0 aromatic heterocycles. The molecule has 10 aliphatic carbocycles. The molecule has 10 bridgehead atoms. The van der Waals surface area contributed by atoms with E-state index in [9.17, 15) is 0 Å². The molecule has 5 heteroatoms. The first-order valence-electron chi connectivity index (χ1n) is 24.6. The van der Waals surface area contributed by atoms with Crippen molar-refractivity contribution in [2.75, 3.05) is 6.54 Å². The van der Waals surface area contributed by atoms with Crippen LogP contribution >= 0.6 is 0 Å². The molecule has 10 fully saturated rings. The van der Waals surface area contributed by atoms with Crippen molar-refractivity contribution in [3.05, 3.63) is 0 Å². The summed E-state index contributed by atoms with van der Waals surface area (Å²) in [5.41, 5.74) is 1.29. The highest BCUT2D eigenvalue weighted by Gasteiger charge is 2.51. The van der Waals surface area contributed by atoms with Gasteiger partial charge >= 0.3 is 0 Å². The van der Waals surface area contributed by atoms with Crippen LogP contribution in [0.15, 0.2) is 0 Å². The van der Waals surface area contributed by atoms with Crippen LogP contribution < -0.4 is 26.6 Å². The maximum Gasteiger partial charge on any atom is 0.0191 e. The molecule has 0 aromatic rings. The minimum atomic E-state index is 0.572. The molecule has 5 nitrogen and oxygen atoms in total. The van der Waals surface area contributed by atoms with Crippen LogP contribution in [0, 0.1) is 52.8 Å². The van der Waals surface area contributed by atoms with E-state index in [2.05, 4.69) is 124 Å². The predicted molar refractivity (Wildman–Crippen MR) is 242 cm³/mol. The summed E-state index contributed by atoms with van der Waals surface area (Å²) in [7, 11) is 0. The molecule has 55 heavy (non-hydrogen) atoms. The standard InChI is InChI=1S/C14H25N.C13H23N.C10H19N.C7H17N.C6H15N/c1-10(2)15-9-14-6-11-3-12(7-14)5-13(4-11)8-14;1-9(2)14-13-6-10-3-11(7-13)5-12(4-10)8-13;1-7(2)11-10-6-8-3-4-9(10)5-8;1-5-7(4)8-6(2)3;1-5(2)7-6(3)4/h10-13,15H,3-9H2,1-2H3;9-12,14H,3-8H2,1-2H3;7-11H,3-6H2,1-2H3;6-8H,5H2,1-4H3;5-7H,1-4H3. The average Bonchev–Trinajstić information content (AvgIpc) is 3.66. The van der Waals surface area contributed by atoms with Gasteiger partial charge in [-0.05, 0) is 162 Å². The van der Waals surface area contributed by atoms with Gasteiger partial charge in [0.2, 0.25) is 0 Å². The van der Waals surface area contributed by atoms with Crippen LogP contribution in [0.4, 0.5) is 0 Å². The van der Waals surface area contributed by atoms with E-state index in [4.69, 9.17) is 0 Å². The SMILES string of the molecule is CC(C)NC(C)C.CC(C)NC12CC3CC(CC(C3)C1)C2.CC(C)NC1CC2CCC1C2.CC(C)NCC12CC3CC(CC(C3)C1)C2.CCC(C)NC(C)C. The Kier molecular flexibility index (Phi) is 18.9. The maximum absolute atomic E-state index is 3.89. The highest BCUT2D eigenvalue weighted by molar-refractivity contribution is 5.07. The van der Waals surface area contributed by atoms with Gasteiger partial charge in [-0.2, -0.15) is 0 Å². The van der Waals surface area contributed by atoms with E-state index in [-0.39, 0.29) is 0 Å². The molecule has 4 atom stereocenters. The van der Waals surface area contributed by atoms with E-state index in [1.54, 1.807) is 57.8 Å². The van der Waals surface area contributed by atoms with E-state index in [1.807, 2.05) is 0 Å². The molecule has 0 heterocycles. The van der Waals surface area contributed by atoms with Gasteiger partial charge in [0.05, 0.1) is 0 Å². The number of fused-ring (bicyclic) bond motifs is 2. The normalized spacial score (nSPS) is 37.9. The van der Waals surface area contributed by atoms with E-state index < -0.39 is 0 Å². The van der Waals surface area contributed by atoms with Gasteiger partial charge in [0, 0.05) is 60.4 Å². The van der Waals surface area contributed by atoms with Gasteiger partial charge in [0.1, 0.15) is 0 Å². The summed E-state index contributed by atoms with van der Waals surface area (Å²) in [6.45, 7) is 32.3. The summed E-state index contributed by atoms with van der Waals surface area (Å²) < 4.78 is 0. The van der Waals surface area contributed by atoms with Gasteiger partial charge in [0.25, 0.3) is 0 Å². The van der Waals surface area contributed by atoms with Gasteiger partial charge < -0.3 is 26.6 Å². The third kappa shape index (κ3) is 15.7. The highest BCUT2D eigenvalue weighted by atomic mass is 15.0. The lowest BCUT2D eigenvalue weighted by molar-refractivity contribution is -0.0520. The summed E-state index contributed by atoms with van der Waals surface area (Å²) >= 11 is 0. The van der Waals surface area contributed by atoms with Crippen LogP contribution in [0.1, 0.15) is 206 Å². The lowest BCUT2D eigenvalue weighted by Crippen LogP contribution is -2.59. The molecule has 0 amide bonds. The van der Waals surface area contributed by atoms with Crippen LogP contribution in [0.3, 0.4) is 0 Å². The molecular formula is C50H99N5. The molecule has 0 radical (unpaired) electrons. The van der Waals surface area contributed by atoms with Gasteiger partial charge in [-0.1, -0.05) is 96.4 Å². The number of nitrogens with one attached hydrogen (secondary N) is 5. The van der Waals surface area contributed by atoms with Crippen molar-refractivity contribution >= 4 is 0 Å². The minimum Gasteiger partial charge on any atom is -0.314 e. The van der Waals surface area contributed by atoms with E-state index >= 15 is 0 Å². The Morgan fingerprint density at radius 2 is 0.909 bits per heavy atom. The van der Waals surface area contributed by atoms with Crippen molar-refractivity contribution in [3.8, 4) is 0 Å². The Balaban J connectivity index is 0.000000158. The Morgan fingerprint density at radius 3 is 1.20 bits per heavy atom. The average molecular weight is 770 g/mol. The fraction of sp³-hybridized carbons (Fsp3) is 1.00. The van der Waals surface area contributed by atoms with Crippen LogP contribution in [0.5, 0.6) is 0 Å². The molecule has 0 spiro atoms. The molecule has 324 valence electrons. The van der Waals surface area contributed by atoms with Crippen LogP contribution in [-0.2, 0) is 0 Å². The lowest BCUT2D eigenvalue weighted by Gasteiger charge is -2.57. The number of hydrogen-bond acceptors (Lipinski definition) is 5. The molecule has 0 saturated heterocycles. The summed E-state index contributed by atoms with van der Waals surface area (Å²) in [6.07, 6.45) is 25.7. The van der Waals surface area contributed by atoms with Crippen LogP contribution in [0.25, 0.3) is 0 Å². The Labute approximate surface area is 344 Å². The van der Waals surface area contributed by atoms with Crippen molar-refractivity contribution in [2.24, 2.45) is 52.8 Å². The summed E-state index contributed by atoms with van der Waals surface area (Å²) in [4.78, 5) is 0. The number of rotatable bonds is 12. The molecule has 5 N–H and O–H groups in total. The van der Waals surface area contributed by atoms with Crippen LogP contribution in [-0.4, -0.2) is 60.4 Å². The topological polar surface area (TPSA) is 60.1 Å². The summed E-state index contributed by atoms with van der Waals surface area (Å²) in [5, 5.41) is 18.0. The smallest absolute Gasteiger partial charge is 0.0191 e. The highest BCUT2D eigenvalue weighted by Crippen LogP contribution is 2.60. The van der Waals surface area contributed by atoms with Crippen molar-refractivity contribution < 1.29 is 0 Å². The second kappa shape index (κ2) is 21.9. The molecule has 0 aliphatic heterocycles. The van der Waals surface area contributed by atoms with E-state index in [1.165, 1.54) is 57.9 Å². The molecule has 0 aromatic carbocycles. The lowest BCUT2D eigenvalue weighted by atomic mass is 9.49. The Hall–Kier alpha value is -0.200. The summed E-state index contributed by atoms with van der Waals surface area (Å²) in [5.74, 6) is 8.65. The molecule has 4 unspecified atom stereocenters. The zero-order chi connectivity index (χ0) is 40.5. The van der Waals surface area contributed by atoms with Crippen molar-refractivity contribution in [1.82, 2.24) is 26.6 Å². The van der Waals surface area contributed by atoms with Crippen LogP contribution in [0.2, 0.25) is 0 Å². The first-order valence-corrected chi connectivity index (χ1v) is 24.6. The van der Waals surface area contributed by atoms with Crippen molar-refractivity contribution in [2.45, 2.75) is 260 Å². The van der Waals surface area contributed by atoms with Crippen molar-refractivity contribution in [3.63, 3.8) is 0 Å². The third-order valence-corrected chi connectivity index (χ3v) is 14.9. The Bertz CT molecular complexity index is 980. The fourth-order valence-corrected chi connectivity index (χ4v) is 14.1. The summed E-state index contributed by atoms with van der Waals surface area (Å²) in [6, 6.07) is 5.44. The molecule has 10 aliphatic rings. The monoisotopic (exact) mass is 770 g/mol. The number of hydrogen-bond donors (Lipinski definition) is 5. The fourth-order valence-electron chi connectivity index (χ4n) is 14.1. The molecular weight excluding hydrogens is 671 g/mol.